The summed E-state index contributed by atoms with van der Waals surface area (Å²) >= 11 is 0. The zero-order valence-electron chi connectivity index (χ0n) is 33.5. The average molecular weight is 800 g/mol. The molecule has 4 bridgehead atoms. The zero-order chi connectivity index (χ0) is 40.5. The van der Waals surface area contributed by atoms with Crippen molar-refractivity contribution in [2.24, 2.45) is 29.1 Å². The first-order chi connectivity index (χ1) is 27.0. The largest absolute Gasteiger partial charge is 0.372 e. The molecule has 306 valence electrons. The van der Waals surface area contributed by atoms with E-state index in [9.17, 15) is 22.8 Å². The number of sulfonamides is 1. The van der Waals surface area contributed by atoms with Gasteiger partial charge in [0, 0.05) is 25.0 Å². The number of urea groups is 1. The highest BCUT2D eigenvalue weighted by molar-refractivity contribution is 7.91. The predicted molar refractivity (Wildman–Crippen MR) is 216 cm³/mol. The number of carbonyl (C=O) groups is 4. The molecule has 13 heteroatoms. The van der Waals surface area contributed by atoms with Gasteiger partial charge in [0.25, 0.3) is 5.91 Å². The summed E-state index contributed by atoms with van der Waals surface area (Å²) < 4.78 is 34.2. The molecule has 2 aromatic rings. The normalized spacial score (nSPS) is 33.3. The fraction of sp³-hybridized carbons (Fsp3) is 0.591. The van der Waals surface area contributed by atoms with Gasteiger partial charge < -0.3 is 25.6 Å². The number of hydrogen-bond donors (Lipinski definition) is 4. The summed E-state index contributed by atoms with van der Waals surface area (Å²) in [4.78, 5) is 58.8. The zero-order valence-corrected chi connectivity index (χ0v) is 34.3. The van der Waals surface area contributed by atoms with Crippen molar-refractivity contribution in [1.29, 1.82) is 0 Å². The number of benzene rings is 2. The molecule has 7 fully saturated rings. The molecule has 6 saturated carbocycles. The van der Waals surface area contributed by atoms with E-state index in [0.717, 1.165) is 36.0 Å². The van der Waals surface area contributed by atoms with Gasteiger partial charge in [0.1, 0.15) is 23.2 Å². The van der Waals surface area contributed by atoms with Crippen molar-refractivity contribution in [3.63, 3.8) is 0 Å². The standard InChI is InChI=1S/C44H57N5O7S/c1-6-32-24-44(32,39(52)48-57(54,55)34-16-17-34)46-37(50)35-25-43(56-5,33-14-12-31(13-15-33)30-10-8-7-9-11-30)26-49(35)38(51)36(41(2,3)4)45-40(53)47-42-21-27-18-28(22-42)20-29(19-27)23-42/h6-15,27-29,32,34-36H,1,16-26H2,2-5H3,(H,46,50)(H,48,52)(H2,45,47,53)/t27?,28?,29?,32-,35+,36-,42?,43+,44-/m1/s1. The molecule has 7 aliphatic rings. The fourth-order valence-corrected chi connectivity index (χ4v) is 12.3. The Morgan fingerprint density at radius 2 is 1.46 bits per heavy atom. The highest BCUT2D eigenvalue weighted by Gasteiger charge is 2.63. The summed E-state index contributed by atoms with van der Waals surface area (Å²) in [7, 11) is -2.34. The van der Waals surface area contributed by atoms with Gasteiger partial charge >= 0.3 is 6.03 Å². The number of methoxy groups -OCH3 is 1. The number of nitrogens with zero attached hydrogens (tertiary/aromatic N) is 1. The minimum atomic E-state index is -3.89. The number of ether oxygens (including phenoxy) is 1. The maximum absolute atomic E-state index is 15.1. The van der Waals surface area contributed by atoms with Crippen LogP contribution in [0, 0.1) is 29.1 Å². The SMILES string of the molecule is C=C[C@@H]1C[C@]1(NC(=O)[C@@H]1C[C@@](OC)(c2ccc(-c3ccccc3)cc2)CN1C(=O)[C@@H](NC(=O)NC12CC3CC(CC(C3)C1)C2)C(C)(C)C)C(=O)NS(=O)(=O)C1CC1. The van der Waals surface area contributed by atoms with Crippen molar-refractivity contribution in [3.8, 4) is 11.1 Å². The summed E-state index contributed by atoms with van der Waals surface area (Å²) in [5.41, 5.74) is -0.897. The van der Waals surface area contributed by atoms with E-state index >= 15 is 4.79 Å². The molecule has 9 rings (SSSR count). The van der Waals surface area contributed by atoms with Crippen LogP contribution < -0.4 is 20.7 Å². The van der Waals surface area contributed by atoms with Crippen LogP contribution in [0.25, 0.3) is 11.1 Å². The van der Waals surface area contributed by atoms with Crippen molar-refractivity contribution in [2.45, 2.75) is 119 Å². The van der Waals surface area contributed by atoms with E-state index in [2.05, 4.69) is 27.3 Å². The Balaban J connectivity index is 1.08. The molecular formula is C44H57N5O7S. The molecule has 1 aliphatic heterocycles. The minimum Gasteiger partial charge on any atom is -0.372 e. The lowest BCUT2D eigenvalue weighted by atomic mass is 9.53. The van der Waals surface area contributed by atoms with E-state index in [4.69, 9.17) is 4.74 Å². The summed E-state index contributed by atoms with van der Waals surface area (Å²) in [6.45, 7) is 9.48. The first-order valence-corrected chi connectivity index (χ1v) is 22.1. The third-order valence-electron chi connectivity index (χ3n) is 13.9. The van der Waals surface area contributed by atoms with E-state index in [1.54, 1.807) is 7.11 Å². The number of likely N-dealkylation sites (tertiary alicyclic amines) is 1. The Morgan fingerprint density at radius 3 is 1.98 bits per heavy atom. The quantitative estimate of drug-likeness (QED) is 0.216. The van der Waals surface area contributed by atoms with E-state index in [1.807, 2.05) is 75.4 Å². The summed E-state index contributed by atoms with van der Waals surface area (Å²) in [6, 6.07) is 15.3. The molecule has 12 nitrogen and oxygen atoms in total. The number of rotatable bonds is 12. The topological polar surface area (TPSA) is 163 Å². The van der Waals surface area contributed by atoms with Crippen molar-refractivity contribution in [1.82, 2.24) is 25.6 Å². The van der Waals surface area contributed by atoms with Crippen LogP contribution in [-0.2, 0) is 34.7 Å². The van der Waals surface area contributed by atoms with Crippen molar-refractivity contribution in [3.05, 3.63) is 72.8 Å². The maximum atomic E-state index is 15.1. The van der Waals surface area contributed by atoms with Crippen LogP contribution in [0.2, 0.25) is 0 Å². The van der Waals surface area contributed by atoms with Crippen LogP contribution in [0.1, 0.15) is 90.5 Å². The second-order valence-corrected chi connectivity index (χ2v) is 21.1. The smallest absolute Gasteiger partial charge is 0.315 e. The molecule has 57 heavy (non-hydrogen) atoms. The summed E-state index contributed by atoms with van der Waals surface area (Å²) in [6.07, 6.45) is 9.26. The summed E-state index contributed by atoms with van der Waals surface area (Å²) in [5.74, 6) is -0.515. The lowest BCUT2D eigenvalue weighted by molar-refractivity contribution is -0.143. The van der Waals surface area contributed by atoms with Gasteiger partial charge in [0.15, 0.2) is 0 Å². The average Bonchev–Trinajstić information content (AvgIpc) is 4.09. The van der Waals surface area contributed by atoms with Crippen molar-refractivity contribution >= 4 is 33.8 Å². The fourth-order valence-electron chi connectivity index (χ4n) is 10.9. The molecular weight excluding hydrogens is 743 g/mol. The van der Waals surface area contributed by atoms with E-state index in [1.165, 1.54) is 30.2 Å². The van der Waals surface area contributed by atoms with Crippen LogP contribution in [-0.4, -0.2) is 79.1 Å². The van der Waals surface area contributed by atoms with Crippen molar-refractivity contribution in [2.75, 3.05) is 13.7 Å². The third kappa shape index (κ3) is 7.50. The first-order valence-electron chi connectivity index (χ1n) is 20.6. The van der Waals surface area contributed by atoms with Gasteiger partial charge in [-0.25, -0.2) is 13.2 Å². The monoisotopic (exact) mass is 799 g/mol. The Hall–Kier alpha value is -4.23. The maximum Gasteiger partial charge on any atom is 0.315 e. The number of carbonyl (C=O) groups excluding carboxylic acids is 4. The molecule has 2 aromatic carbocycles. The summed E-state index contributed by atoms with van der Waals surface area (Å²) in [5, 5.41) is 8.66. The second-order valence-electron chi connectivity index (χ2n) is 19.1. The third-order valence-corrected chi connectivity index (χ3v) is 15.7. The first kappa shape index (κ1) is 39.6. The van der Waals surface area contributed by atoms with Crippen molar-refractivity contribution < 1.29 is 32.3 Å². The van der Waals surface area contributed by atoms with Crippen LogP contribution in [0.4, 0.5) is 4.79 Å². The highest BCUT2D eigenvalue weighted by Crippen LogP contribution is 2.55. The molecule has 4 N–H and O–H groups in total. The predicted octanol–water partition coefficient (Wildman–Crippen LogP) is 5.15. The molecule has 0 aromatic heterocycles. The Morgan fingerprint density at radius 1 is 0.860 bits per heavy atom. The Labute approximate surface area is 336 Å². The highest BCUT2D eigenvalue weighted by atomic mass is 32.2. The Bertz CT molecular complexity index is 2010. The second kappa shape index (κ2) is 14.2. The van der Waals surface area contributed by atoms with Gasteiger partial charge in [0.2, 0.25) is 21.8 Å². The lowest BCUT2D eigenvalue weighted by Crippen LogP contribution is -2.65. The number of hydrogen-bond acceptors (Lipinski definition) is 7. The Kier molecular flexibility index (Phi) is 9.90. The van der Waals surface area contributed by atoms with Crippen LogP contribution in [0.15, 0.2) is 67.3 Å². The molecule has 6 aliphatic carbocycles. The van der Waals surface area contributed by atoms with Gasteiger partial charge in [-0.05, 0) is 97.6 Å². The van der Waals surface area contributed by atoms with Crippen LogP contribution >= 0.6 is 0 Å². The van der Waals surface area contributed by atoms with E-state index in [-0.39, 0.29) is 31.0 Å². The van der Waals surface area contributed by atoms with Gasteiger partial charge in [-0.2, -0.15) is 0 Å². The minimum absolute atomic E-state index is 0.00387. The number of amides is 5. The lowest BCUT2D eigenvalue weighted by Gasteiger charge is -2.56. The molecule has 5 atom stereocenters. The molecule has 1 saturated heterocycles. The molecule has 0 unspecified atom stereocenters. The van der Waals surface area contributed by atoms with Crippen LogP contribution in [0.3, 0.4) is 0 Å². The van der Waals surface area contributed by atoms with Gasteiger partial charge in [-0.15, -0.1) is 6.58 Å². The molecule has 1 heterocycles. The van der Waals surface area contributed by atoms with E-state index in [0.29, 0.717) is 30.6 Å². The van der Waals surface area contributed by atoms with E-state index < -0.39 is 67.6 Å². The molecule has 0 radical (unpaired) electrons. The van der Waals surface area contributed by atoms with Gasteiger partial charge in [-0.3, -0.25) is 19.1 Å². The molecule has 0 spiro atoms. The van der Waals surface area contributed by atoms with Crippen LogP contribution in [0.5, 0.6) is 0 Å². The van der Waals surface area contributed by atoms with Gasteiger partial charge in [-0.1, -0.05) is 81.4 Å². The molecule has 5 amide bonds. The van der Waals surface area contributed by atoms with Gasteiger partial charge in [0.05, 0.1) is 11.8 Å². The number of nitrogens with one attached hydrogen (secondary N) is 4.